The molecule has 3 rings (SSSR count). The molecule has 0 spiro atoms. The van der Waals surface area contributed by atoms with E-state index >= 15 is 0 Å². The van der Waals surface area contributed by atoms with Crippen molar-refractivity contribution in [3.05, 3.63) is 53.6 Å². The summed E-state index contributed by atoms with van der Waals surface area (Å²) in [7, 11) is 0. The van der Waals surface area contributed by atoms with Crippen molar-refractivity contribution in [2.45, 2.75) is 77.0 Å². The lowest BCUT2D eigenvalue weighted by Crippen LogP contribution is -2.27. The van der Waals surface area contributed by atoms with Crippen molar-refractivity contribution in [3.8, 4) is 11.6 Å². The van der Waals surface area contributed by atoms with Crippen LogP contribution in [0.4, 0.5) is 5.69 Å². The number of nitrogens with one attached hydrogen (secondary N) is 3. The van der Waals surface area contributed by atoms with Gasteiger partial charge in [0.15, 0.2) is 0 Å². The number of hydrogen-bond donors (Lipinski definition) is 5. The molecule has 2 aromatic rings. The third kappa shape index (κ3) is 9.60. The lowest BCUT2D eigenvalue weighted by molar-refractivity contribution is 0.0546. The van der Waals surface area contributed by atoms with Crippen LogP contribution in [0.5, 0.6) is 11.6 Å². The van der Waals surface area contributed by atoms with Crippen LogP contribution in [0.2, 0.25) is 5.02 Å². The Morgan fingerprint density at radius 2 is 2.12 bits per heavy atom. The molecule has 1 aliphatic rings. The molecule has 10 nitrogen and oxygen atoms in total. The summed E-state index contributed by atoms with van der Waals surface area (Å²) in [6, 6.07) is 5.70. The number of nitrogens with two attached hydrogens (primary N) is 1. The summed E-state index contributed by atoms with van der Waals surface area (Å²) < 4.78 is 13.9. The molecule has 1 atom stereocenters. The van der Waals surface area contributed by atoms with Crippen LogP contribution in [-0.2, 0) is 0 Å². The van der Waals surface area contributed by atoms with Gasteiger partial charge < -0.3 is 30.9 Å². The van der Waals surface area contributed by atoms with E-state index in [9.17, 15) is 5.11 Å². The number of hydrogen-bond acceptors (Lipinski definition) is 8. The topological polar surface area (TPSA) is 143 Å². The van der Waals surface area contributed by atoms with E-state index in [2.05, 4.69) is 22.2 Å². The Morgan fingerprint density at radius 1 is 1.38 bits per heavy atom. The third-order valence-electron chi connectivity index (χ3n) is 6.52. The van der Waals surface area contributed by atoms with Crippen LogP contribution in [-0.4, -0.2) is 52.3 Å². The molecule has 218 valence electrons. The van der Waals surface area contributed by atoms with Crippen LogP contribution in [0.3, 0.4) is 0 Å². The van der Waals surface area contributed by atoms with Crippen LogP contribution >= 0.6 is 11.6 Å². The smallest absolute Gasteiger partial charge is 0.256 e. The van der Waals surface area contributed by atoms with Gasteiger partial charge in [-0.2, -0.15) is 0 Å². The average molecular weight is 572 g/mol. The zero-order valence-electron chi connectivity index (χ0n) is 23.6. The molecule has 0 radical (unpaired) electrons. The molecule has 0 bridgehead atoms. The fraction of sp³-hybridized carbons (Fsp3) is 0.483. The van der Waals surface area contributed by atoms with E-state index in [4.69, 9.17) is 37.3 Å². The van der Waals surface area contributed by atoms with E-state index in [0.29, 0.717) is 59.3 Å². The molecule has 1 aromatic carbocycles. The van der Waals surface area contributed by atoms with Gasteiger partial charge in [-0.05, 0) is 51.3 Å². The number of benzene rings is 1. The number of ether oxygens (including phenoxy) is 2. The van der Waals surface area contributed by atoms with E-state index in [0.717, 1.165) is 24.7 Å². The second-order valence-corrected chi connectivity index (χ2v) is 11.0. The highest BCUT2D eigenvalue weighted by Gasteiger charge is 2.21. The molecule has 1 aliphatic carbocycles. The number of halogens is 1. The minimum Gasteiger partial charge on any atom is -0.487 e. The summed E-state index contributed by atoms with van der Waals surface area (Å²) in [4.78, 5) is 4.48. The largest absolute Gasteiger partial charge is 0.487 e. The molecule has 0 unspecified atom stereocenters. The molecular formula is C29H42ClN7O3. The zero-order chi connectivity index (χ0) is 29.1. The molecule has 0 saturated heterocycles. The first kappa shape index (κ1) is 31.0. The number of anilines is 1. The van der Waals surface area contributed by atoms with Gasteiger partial charge in [-0.15, -0.1) is 5.10 Å². The van der Waals surface area contributed by atoms with Gasteiger partial charge in [-0.25, -0.2) is 4.99 Å². The first-order valence-corrected chi connectivity index (χ1v) is 14.0. The van der Waals surface area contributed by atoms with Crippen molar-refractivity contribution in [1.82, 2.24) is 15.1 Å². The highest BCUT2D eigenvalue weighted by Crippen LogP contribution is 2.33. The predicted octanol–water partition coefficient (Wildman–Crippen LogP) is 5.50. The molecule has 1 saturated carbocycles. The van der Waals surface area contributed by atoms with Crippen molar-refractivity contribution < 1.29 is 14.6 Å². The molecule has 1 fully saturated rings. The average Bonchev–Trinajstić information content (AvgIpc) is 3.31. The molecule has 1 aromatic heterocycles. The Morgan fingerprint density at radius 3 is 2.80 bits per heavy atom. The number of rotatable bonds is 15. The van der Waals surface area contributed by atoms with E-state index in [1.807, 2.05) is 23.9 Å². The number of allylic oxidation sites excluding steroid dienone is 1. The van der Waals surface area contributed by atoms with E-state index in [1.165, 1.54) is 25.5 Å². The predicted molar refractivity (Wildman–Crippen MR) is 163 cm³/mol. The van der Waals surface area contributed by atoms with Gasteiger partial charge in [-0.1, -0.05) is 43.5 Å². The second-order valence-electron chi connectivity index (χ2n) is 10.6. The van der Waals surface area contributed by atoms with Crippen molar-refractivity contribution >= 4 is 35.4 Å². The van der Waals surface area contributed by atoms with Crippen LogP contribution < -0.4 is 25.8 Å². The molecule has 11 heteroatoms. The number of nitrogens with zero attached hydrogens (tertiary/aromatic N) is 3. The lowest BCUT2D eigenvalue weighted by Gasteiger charge is -2.21. The first-order valence-electron chi connectivity index (χ1n) is 13.6. The summed E-state index contributed by atoms with van der Waals surface area (Å²) in [5, 5.41) is 28.4. The Balaban J connectivity index is 1.72. The summed E-state index contributed by atoms with van der Waals surface area (Å²) in [6.45, 7) is 10.2. The maximum Gasteiger partial charge on any atom is 0.256 e. The number of aliphatic hydroxyl groups is 1. The minimum atomic E-state index is -0.833. The Hall–Kier alpha value is -3.50. The van der Waals surface area contributed by atoms with Gasteiger partial charge in [0.25, 0.3) is 5.88 Å². The van der Waals surface area contributed by atoms with Crippen LogP contribution in [0, 0.1) is 5.41 Å². The van der Waals surface area contributed by atoms with Crippen molar-refractivity contribution in [2.75, 3.05) is 18.5 Å². The molecule has 0 aliphatic heterocycles. The van der Waals surface area contributed by atoms with Gasteiger partial charge in [0.2, 0.25) is 0 Å². The zero-order valence-corrected chi connectivity index (χ0v) is 24.4. The van der Waals surface area contributed by atoms with Crippen LogP contribution in [0.25, 0.3) is 5.57 Å². The summed E-state index contributed by atoms with van der Waals surface area (Å²) >= 11 is 6.34. The maximum atomic E-state index is 10.1. The lowest BCUT2D eigenvalue weighted by atomic mass is 9.96. The van der Waals surface area contributed by atoms with Gasteiger partial charge in [0.1, 0.15) is 23.4 Å². The first-order chi connectivity index (χ1) is 19.1. The minimum absolute atomic E-state index is 0.202. The van der Waals surface area contributed by atoms with Gasteiger partial charge in [0.05, 0.1) is 42.4 Å². The molecule has 1 heterocycles. The molecular weight excluding hydrogens is 530 g/mol. The van der Waals surface area contributed by atoms with Gasteiger partial charge in [0, 0.05) is 24.4 Å². The van der Waals surface area contributed by atoms with Crippen LogP contribution in [0.1, 0.15) is 70.9 Å². The highest BCUT2D eigenvalue weighted by molar-refractivity contribution is 6.32. The van der Waals surface area contributed by atoms with Crippen molar-refractivity contribution in [3.63, 3.8) is 0 Å². The molecule has 40 heavy (non-hydrogen) atoms. The van der Waals surface area contributed by atoms with Gasteiger partial charge >= 0.3 is 0 Å². The Bertz CT molecular complexity index is 1200. The van der Waals surface area contributed by atoms with Crippen molar-refractivity contribution in [2.24, 2.45) is 10.7 Å². The Labute approximate surface area is 241 Å². The fourth-order valence-electron chi connectivity index (χ4n) is 4.30. The number of aliphatic imine (C=N–C) groups is 1. The van der Waals surface area contributed by atoms with Crippen molar-refractivity contribution in [1.29, 1.82) is 5.41 Å². The quantitative estimate of drug-likeness (QED) is 0.140. The molecule has 0 amide bonds. The van der Waals surface area contributed by atoms with E-state index in [1.54, 1.807) is 32.2 Å². The summed E-state index contributed by atoms with van der Waals surface area (Å²) in [5.41, 5.74) is 7.18. The highest BCUT2D eigenvalue weighted by atomic mass is 35.5. The normalized spacial score (nSPS) is 15.6. The fourth-order valence-corrected chi connectivity index (χ4v) is 4.47. The molecule has 6 N–H and O–H groups in total. The Kier molecular flexibility index (Phi) is 11.5. The second kappa shape index (κ2) is 14.8. The standard InChI is InChI=1S/C29H42ClN7O3/c1-20(16-33-19-32)40-27-14-22(10-11-25(27)30)23(15-31)17-34-21(2)35-26-18-37(24-8-6-5-7-9-24)36-28(26)39-13-12-29(3,4)38/h10-11,14-15,17-20,24,35,38H,2,5-9,12-13,16,31H2,1,3-4H3,(H2,32,33)/b23-15+,34-17-/t20-/m0/s1. The monoisotopic (exact) mass is 571 g/mol. The maximum absolute atomic E-state index is 10.1. The SMILES string of the molecule is C=C(/N=C\C(=C/N)c1ccc(Cl)c(O[C@@H](C)CNC=N)c1)Nc1cn(C2CCCCC2)nc1OCCC(C)(C)O. The number of aromatic nitrogens is 2. The summed E-state index contributed by atoms with van der Waals surface area (Å²) in [6.07, 6.45) is 12.2. The third-order valence-corrected chi connectivity index (χ3v) is 6.83. The summed E-state index contributed by atoms with van der Waals surface area (Å²) in [5.74, 6) is 1.34. The van der Waals surface area contributed by atoms with Crippen LogP contribution in [0.15, 0.2) is 48.0 Å². The van der Waals surface area contributed by atoms with E-state index in [-0.39, 0.29) is 6.10 Å². The van der Waals surface area contributed by atoms with E-state index < -0.39 is 5.60 Å². The van der Waals surface area contributed by atoms with Gasteiger partial charge in [-0.3, -0.25) is 10.1 Å².